The van der Waals surface area contributed by atoms with Crippen LogP contribution in [0.1, 0.15) is 91.9 Å². The van der Waals surface area contributed by atoms with Crippen LogP contribution in [0.3, 0.4) is 0 Å². The summed E-state index contributed by atoms with van der Waals surface area (Å²) in [7, 11) is 0. The fourth-order valence-electron chi connectivity index (χ4n) is 3.28. The molecule has 0 aromatic heterocycles. The largest absolute Gasteiger partial charge is 0.548 e. The second-order valence-electron chi connectivity index (χ2n) is 8.02. The van der Waals surface area contributed by atoms with Crippen molar-refractivity contribution in [3.05, 3.63) is 0 Å². The lowest BCUT2D eigenvalue weighted by molar-refractivity contribution is -0.929. The van der Waals surface area contributed by atoms with Crippen LogP contribution in [0, 0.1) is 0 Å². The van der Waals surface area contributed by atoms with Gasteiger partial charge in [-0.2, -0.15) is 0 Å². The Labute approximate surface area is 179 Å². The first-order chi connectivity index (χ1) is 13.8. The summed E-state index contributed by atoms with van der Waals surface area (Å²) < 4.78 is 1.42. The Balaban J connectivity index is 0. The molecule has 6 N–H and O–H groups in total. The molecule has 0 saturated heterocycles. The van der Waals surface area contributed by atoms with Gasteiger partial charge in [0.1, 0.15) is 0 Å². The van der Waals surface area contributed by atoms with Crippen molar-refractivity contribution in [2.24, 2.45) is 22.2 Å². The van der Waals surface area contributed by atoms with Crippen LogP contribution < -0.4 is 22.3 Å². The smallest absolute Gasteiger partial charge is 0.185 e. The summed E-state index contributed by atoms with van der Waals surface area (Å²) in [4.78, 5) is 13.8. The quantitative estimate of drug-likeness (QED) is 0.145. The molecule has 0 saturated carbocycles. The lowest BCUT2D eigenvalue weighted by Crippen LogP contribution is -2.50. The predicted molar refractivity (Wildman–Crippen MR) is 122 cm³/mol. The lowest BCUT2D eigenvalue weighted by Gasteiger charge is -2.39. The number of hydrogen-bond acceptors (Lipinski definition) is 4. The Bertz CT molecular complexity index is 374. The van der Waals surface area contributed by atoms with E-state index in [0.717, 1.165) is 0 Å². The topological polar surface area (TPSA) is 131 Å². The number of carbonyl (C=O) groups is 1. The van der Waals surface area contributed by atoms with Crippen molar-refractivity contribution in [2.45, 2.75) is 97.9 Å². The van der Waals surface area contributed by atoms with E-state index in [-0.39, 0.29) is 5.96 Å². The van der Waals surface area contributed by atoms with Gasteiger partial charge in [-0.1, -0.05) is 53.4 Å². The van der Waals surface area contributed by atoms with Crippen LogP contribution in [-0.2, 0) is 4.79 Å². The molecule has 0 unspecified atom stereocenters. The van der Waals surface area contributed by atoms with E-state index in [9.17, 15) is 9.90 Å². The maximum Gasteiger partial charge on any atom is 0.185 e. The normalized spacial score (nSPS) is 12.0. The van der Waals surface area contributed by atoms with Crippen molar-refractivity contribution in [2.75, 3.05) is 32.7 Å². The third-order valence-corrected chi connectivity index (χ3v) is 5.21. The molecule has 0 aliphatic carbocycles. The van der Waals surface area contributed by atoms with Crippen LogP contribution >= 0.6 is 0 Å². The Morgan fingerprint density at radius 1 is 0.828 bits per heavy atom. The first-order valence-corrected chi connectivity index (χ1v) is 11.6. The molecule has 174 valence electrons. The Hall–Kier alpha value is -1.34. The number of rotatable bonds is 17. The van der Waals surface area contributed by atoms with Gasteiger partial charge >= 0.3 is 0 Å². The fourth-order valence-corrected chi connectivity index (χ4v) is 3.28. The van der Waals surface area contributed by atoms with Crippen molar-refractivity contribution in [3.8, 4) is 0 Å². The first-order valence-electron chi connectivity index (χ1n) is 11.6. The van der Waals surface area contributed by atoms with Gasteiger partial charge in [-0.3, -0.25) is 4.99 Å². The molecule has 0 bridgehead atoms. The van der Waals surface area contributed by atoms with Gasteiger partial charge in [0.25, 0.3) is 0 Å². The van der Waals surface area contributed by atoms with Gasteiger partial charge in [0, 0.05) is 12.6 Å². The van der Waals surface area contributed by atoms with E-state index in [1.165, 1.54) is 82.0 Å². The molecule has 0 aromatic carbocycles. The minimum absolute atomic E-state index is 0.00276. The summed E-state index contributed by atoms with van der Waals surface area (Å²) in [6.45, 7) is 15.4. The van der Waals surface area contributed by atoms with E-state index >= 15 is 0 Å². The zero-order chi connectivity index (χ0) is 22.5. The molecule has 0 aliphatic rings. The molecule has 0 aromatic rings. The molecule has 0 fully saturated rings. The van der Waals surface area contributed by atoms with Gasteiger partial charge in [-0.15, -0.1) is 0 Å². The molecule has 0 spiro atoms. The number of carboxylic acids is 1. The number of unbranched alkanes of at least 4 members (excludes halogenated alkanes) is 4. The number of quaternary nitrogens is 1. The van der Waals surface area contributed by atoms with Crippen LogP contribution in [0.15, 0.2) is 4.99 Å². The maximum atomic E-state index is 10.1. The summed E-state index contributed by atoms with van der Waals surface area (Å²) in [6, 6.07) is -0.931. The highest BCUT2D eigenvalue weighted by atomic mass is 16.4. The van der Waals surface area contributed by atoms with Crippen LogP contribution in [0.4, 0.5) is 0 Å². The van der Waals surface area contributed by atoms with Crippen molar-refractivity contribution in [1.82, 2.24) is 0 Å². The Morgan fingerprint density at radius 2 is 1.21 bits per heavy atom. The molecule has 0 rings (SSSR count). The number of aliphatic carboxylic acids is 1. The van der Waals surface area contributed by atoms with E-state index in [0.29, 0.717) is 19.4 Å². The standard InChI is InChI=1S/C16H36N.C6H14N4O2/c1-5-9-13-17(14-10-6-2,15-11-7-3)16-12-8-4;7-4(5(11)12)2-1-3-10-6(8)9/h5-16H2,1-4H3;4H,1-3,7H2,(H,11,12)(H4,8,9,10)/q+1;/p-1/t;4-/m.0/s1. The zero-order valence-corrected chi connectivity index (χ0v) is 19.6. The van der Waals surface area contributed by atoms with E-state index in [1.54, 1.807) is 0 Å². The third-order valence-electron chi connectivity index (χ3n) is 5.21. The van der Waals surface area contributed by atoms with E-state index < -0.39 is 12.0 Å². The SMILES string of the molecule is CCCC[N+](CCCC)(CCCC)CCCC.NC(N)=NCCC[C@H](N)C(=O)[O-]. The van der Waals surface area contributed by atoms with E-state index in [1.807, 2.05) is 0 Å². The van der Waals surface area contributed by atoms with Crippen molar-refractivity contribution < 1.29 is 14.4 Å². The van der Waals surface area contributed by atoms with Gasteiger partial charge in [0.2, 0.25) is 0 Å². The molecule has 1 atom stereocenters. The number of carbonyl (C=O) groups excluding carboxylic acids is 1. The molecule has 7 heteroatoms. The molecule has 0 amide bonds. The van der Waals surface area contributed by atoms with Gasteiger partial charge in [0.05, 0.1) is 32.1 Å². The average molecular weight is 416 g/mol. The first kappa shape index (κ1) is 29.9. The van der Waals surface area contributed by atoms with Crippen molar-refractivity contribution >= 4 is 11.9 Å². The van der Waals surface area contributed by atoms with E-state index in [4.69, 9.17) is 17.2 Å². The van der Waals surface area contributed by atoms with Crippen molar-refractivity contribution in [1.29, 1.82) is 0 Å². The average Bonchev–Trinajstić information content (AvgIpc) is 2.70. The highest BCUT2D eigenvalue weighted by Crippen LogP contribution is 2.16. The summed E-state index contributed by atoms with van der Waals surface area (Å²) in [6.07, 6.45) is 11.9. The van der Waals surface area contributed by atoms with Gasteiger partial charge in [0.15, 0.2) is 5.96 Å². The number of nitrogens with zero attached hydrogens (tertiary/aromatic N) is 2. The van der Waals surface area contributed by atoms with E-state index in [2.05, 4.69) is 32.7 Å². The molecule has 0 radical (unpaired) electrons. The second-order valence-corrected chi connectivity index (χ2v) is 8.02. The molecule has 0 heterocycles. The maximum absolute atomic E-state index is 10.1. The summed E-state index contributed by atoms with van der Waals surface area (Å²) in [5, 5.41) is 10.1. The molecular weight excluding hydrogens is 366 g/mol. The highest BCUT2D eigenvalue weighted by Gasteiger charge is 2.24. The molecule has 7 nitrogen and oxygen atoms in total. The predicted octanol–water partition coefficient (Wildman–Crippen LogP) is 2.12. The minimum Gasteiger partial charge on any atom is -0.548 e. The zero-order valence-electron chi connectivity index (χ0n) is 19.6. The summed E-state index contributed by atoms with van der Waals surface area (Å²) in [5.74, 6) is -1.25. The minimum atomic E-state index is -1.25. The number of aliphatic imine (C=N–C) groups is 1. The van der Waals surface area contributed by atoms with Gasteiger partial charge < -0.3 is 31.6 Å². The summed E-state index contributed by atoms with van der Waals surface area (Å²) in [5.41, 5.74) is 15.2. The Morgan fingerprint density at radius 3 is 1.48 bits per heavy atom. The second kappa shape index (κ2) is 20.0. The van der Waals surface area contributed by atoms with Gasteiger partial charge in [-0.25, -0.2) is 0 Å². The molecule has 0 aliphatic heterocycles. The van der Waals surface area contributed by atoms with Crippen LogP contribution in [0.25, 0.3) is 0 Å². The van der Waals surface area contributed by atoms with Gasteiger partial charge in [-0.05, 0) is 38.5 Å². The summed E-state index contributed by atoms with van der Waals surface area (Å²) >= 11 is 0. The van der Waals surface area contributed by atoms with Crippen molar-refractivity contribution in [3.63, 3.8) is 0 Å². The lowest BCUT2D eigenvalue weighted by atomic mass is 10.1. The Kier molecular flexibility index (Phi) is 20.5. The molecular formula is C22H49N5O2. The van der Waals surface area contributed by atoms with Crippen LogP contribution in [0.2, 0.25) is 0 Å². The third kappa shape index (κ3) is 18.4. The number of carboxylic acid groups (broad SMARTS) is 1. The van der Waals surface area contributed by atoms with Crippen LogP contribution in [0.5, 0.6) is 0 Å². The monoisotopic (exact) mass is 415 g/mol. The molecule has 29 heavy (non-hydrogen) atoms. The number of hydrogen-bond donors (Lipinski definition) is 3. The van der Waals surface area contributed by atoms with Crippen LogP contribution in [-0.4, -0.2) is 55.2 Å². The number of guanidine groups is 1. The highest BCUT2D eigenvalue weighted by molar-refractivity contribution is 5.75. The number of nitrogens with two attached hydrogens (primary N) is 3. The fraction of sp³-hybridized carbons (Fsp3) is 0.909.